The molecule has 0 saturated carbocycles. The van der Waals surface area contributed by atoms with Crippen molar-refractivity contribution in [2.24, 2.45) is 0 Å². The van der Waals surface area contributed by atoms with Crippen molar-refractivity contribution in [2.45, 2.75) is 26.1 Å². The van der Waals surface area contributed by atoms with Crippen LogP contribution >= 0.6 is 0 Å². The first-order valence-electron chi connectivity index (χ1n) is 5.70. The Morgan fingerprint density at radius 3 is 2.39 bits per heavy atom. The van der Waals surface area contributed by atoms with Gasteiger partial charge in [0.05, 0.1) is 23.8 Å². The van der Waals surface area contributed by atoms with Gasteiger partial charge < -0.3 is 4.57 Å². The van der Waals surface area contributed by atoms with Gasteiger partial charge in [0.25, 0.3) is 0 Å². The molecular weight excluding hydrogens is 241 g/mol. The van der Waals surface area contributed by atoms with E-state index in [1.807, 2.05) is 11.5 Å². The van der Waals surface area contributed by atoms with Gasteiger partial charge in [0.15, 0.2) is 0 Å². The number of alkyl halides is 3. The molecule has 0 spiro atoms. The molecule has 0 saturated heterocycles. The van der Waals surface area contributed by atoms with Gasteiger partial charge in [-0.25, -0.2) is 4.98 Å². The van der Waals surface area contributed by atoms with Crippen molar-refractivity contribution >= 4 is 0 Å². The van der Waals surface area contributed by atoms with E-state index in [0.29, 0.717) is 0 Å². The van der Waals surface area contributed by atoms with Crippen LogP contribution in [0.2, 0.25) is 0 Å². The fourth-order valence-corrected chi connectivity index (χ4v) is 1.81. The summed E-state index contributed by atoms with van der Waals surface area (Å²) in [6, 6.07) is 5.15. The van der Waals surface area contributed by atoms with E-state index in [2.05, 4.69) is 4.98 Å². The first-order valence-corrected chi connectivity index (χ1v) is 5.70. The number of rotatable bonds is 3. The second kappa shape index (κ2) is 4.84. The molecule has 0 N–H and O–H groups in total. The van der Waals surface area contributed by atoms with Crippen LogP contribution in [-0.2, 0) is 12.7 Å². The van der Waals surface area contributed by atoms with Gasteiger partial charge in [-0.1, -0.05) is 19.1 Å². The molecule has 0 bridgehead atoms. The summed E-state index contributed by atoms with van der Waals surface area (Å²) in [6.07, 6.45) is 0.0148. The molecular formula is C13H13F3N2. The maximum absolute atomic E-state index is 12.4. The Morgan fingerprint density at radius 1 is 1.17 bits per heavy atom. The first kappa shape index (κ1) is 12.7. The molecule has 0 aliphatic heterocycles. The average Bonchev–Trinajstić information content (AvgIpc) is 2.77. The van der Waals surface area contributed by atoms with Gasteiger partial charge in [0.1, 0.15) is 0 Å². The van der Waals surface area contributed by atoms with Crippen LogP contribution in [0.4, 0.5) is 13.2 Å². The van der Waals surface area contributed by atoms with Crippen molar-refractivity contribution in [1.82, 2.24) is 9.55 Å². The molecule has 2 aromatic rings. The topological polar surface area (TPSA) is 17.8 Å². The Labute approximate surface area is 103 Å². The zero-order valence-electron chi connectivity index (χ0n) is 9.91. The molecule has 96 valence electrons. The highest BCUT2D eigenvalue weighted by Gasteiger charge is 2.30. The van der Waals surface area contributed by atoms with Crippen molar-refractivity contribution in [2.75, 3.05) is 0 Å². The lowest BCUT2D eigenvalue weighted by Gasteiger charge is -2.09. The standard InChI is InChI=1S/C13H13F3N2/c1-2-7-18-9-17-8-12(18)10-3-5-11(6-4-10)13(14,15)16/h3-6,8-9H,2,7H2,1H3. The maximum atomic E-state index is 12.4. The van der Waals surface area contributed by atoms with Crippen LogP contribution in [0.3, 0.4) is 0 Å². The predicted octanol–water partition coefficient (Wildman–Crippen LogP) is 3.98. The van der Waals surface area contributed by atoms with E-state index in [9.17, 15) is 13.2 Å². The van der Waals surface area contributed by atoms with Gasteiger partial charge in [-0.15, -0.1) is 0 Å². The minimum absolute atomic E-state index is 0.632. The minimum atomic E-state index is -4.29. The molecule has 0 radical (unpaired) electrons. The van der Waals surface area contributed by atoms with Gasteiger partial charge >= 0.3 is 6.18 Å². The predicted molar refractivity (Wildman–Crippen MR) is 63.0 cm³/mol. The van der Waals surface area contributed by atoms with Crippen molar-refractivity contribution in [1.29, 1.82) is 0 Å². The minimum Gasteiger partial charge on any atom is -0.331 e. The summed E-state index contributed by atoms with van der Waals surface area (Å²) in [5, 5.41) is 0. The van der Waals surface area contributed by atoms with Crippen LogP contribution in [0.1, 0.15) is 18.9 Å². The van der Waals surface area contributed by atoms with Crippen LogP contribution in [-0.4, -0.2) is 9.55 Å². The van der Waals surface area contributed by atoms with E-state index in [4.69, 9.17) is 0 Å². The van der Waals surface area contributed by atoms with E-state index >= 15 is 0 Å². The molecule has 1 heterocycles. The largest absolute Gasteiger partial charge is 0.416 e. The third-order valence-electron chi connectivity index (χ3n) is 2.68. The number of halogens is 3. The molecule has 0 aliphatic carbocycles. The zero-order valence-corrected chi connectivity index (χ0v) is 9.91. The molecule has 0 atom stereocenters. The fourth-order valence-electron chi connectivity index (χ4n) is 1.81. The van der Waals surface area contributed by atoms with Gasteiger partial charge in [-0.2, -0.15) is 13.2 Å². The molecule has 2 nitrogen and oxygen atoms in total. The van der Waals surface area contributed by atoms with Gasteiger partial charge in [0.2, 0.25) is 0 Å². The molecule has 0 aliphatic rings. The molecule has 0 amide bonds. The summed E-state index contributed by atoms with van der Waals surface area (Å²) in [5.41, 5.74) is 0.951. The molecule has 1 aromatic heterocycles. The smallest absolute Gasteiger partial charge is 0.331 e. The highest BCUT2D eigenvalue weighted by molar-refractivity contribution is 5.59. The third kappa shape index (κ3) is 2.55. The summed E-state index contributed by atoms with van der Waals surface area (Å²) in [7, 11) is 0. The summed E-state index contributed by atoms with van der Waals surface area (Å²) >= 11 is 0. The van der Waals surface area contributed by atoms with Crippen molar-refractivity contribution in [3.8, 4) is 11.3 Å². The van der Waals surface area contributed by atoms with Gasteiger partial charge in [0, 0.05) is 6.54 Å². The second-order valence-corrected chi connectivity index (χ2v) is 4.05. The Morgan fingerprint density at radius 2 is 1.83 bits per heavy atom. The van der Waals surface area contributed by atoms with Crippen LogP contribution in [0, 0.1) is 0 Å². The quantitative estimate of drug-likeness (QED) is 0.810. The number of hydrogen-bond donors (Lipinski definition) is 0. The molecule has 1 aromatic carbocycles. The Hall–Kier alpha value is -1.78. The lowest BCUT2D eigenvalue weighted by atomic mass is 10.1. The molecule has 18 heavy (non-hydrogen) atoms. The van der Waals surface area contributed by atoms with Gasteiger partial charge in [-0.05, 0) is 24.1 Å². The monoisotopic (exact) mass is 254 g/mol. The highest BCUT2D eigenvalue weighted by atomic mass is 19.4. The lowest BCUT2D eigenvalue weighted by Crippen LogP contribution is -2.04. The lowest BCUT2D eigenvalue weighted by molar-refractivity contribution is -0.137. The average molecular weight is 254 g/mol. The Kier molecular flexibility index (Phi) is 3.41. The number of imidazole rings is 1. The zero-order chi connectivity index (χ0) is 13.2. The normalized spacial score (nSPS) is 11.8. The van der Waals surface area contributed by atoms with E-state index < -0.39 is 11.7 Å². The van der Waals surface area contributed by atoms with Crippen molar-refractivity contribution in [3.05, 3.63) is 42.4 Å². The van der Waals surface area contributed by atoms with Gasteiger partial charge in [-0.3, -0.25) is 0 Å². The second-order valence-electron chi connectivity index (χ2n) is 4.05. The molecule has 2 rings (SSSR count). The molecule has 0 unspecified atom stereocenters. The SMILES string of the molecule is CCCn1cncc1-c1ccc(C(F)(F)F)cc1. The Bertz CT molecular complexity index is 512. The first-order chi connectivity index (χ1) is 8.52. The molecule has 5 heteroatoms. The third-order valence-corrected chi connectivity index (χ3v) is 2.68. The van der Waals surface area contributed by atoms with E-state index in [1.54, 1.807) is 12.5 Å². The summed E-state index contributed by atoms with van der Waals surface area (Å²) < 4.78 is 39.3. The highest BCUT2D eigenvalue weighted by Crippen LogP contribution is 2.30. The maximum Gasteiger partial charge on any atom is 0.416 e. The van der Waals surface area contributed by atoms with E-state index in [0.717, 1.165) is 36.4 Å². The van der Waals surface area contributed by atoms with Crippen LogP contribution in [0.25, 0.3) is 11.3 Å². The van der Waals surface area contributed by atoms with Crippen LogP contribution in [0.15, 0.2) is 36.8 Å². The summed E-state index contributed by atoms with van der Waals surface area (Å²) in [5.74, 6) is 0. The van der Waals surface area contributed by atoms with Crippen LogP contribution < -0.4 is 0 Å². The number of aromatic nitrogens is 2. The fraction of sp³-hybridized carbons (Fsp3) is 0.308. The number of aryl methyl sites for hydroxylation is 1. The van der Waals surface area contributed by atoms with Crippen molar-refractivity contribution < 1.29 is 13.2 Å². The summed E-state index contributed by atoms with van der Waals surface area (Å²) in [4.78, 5) is 4.03. The van der Waals surface area contributed by atoms with Crippen molar-refractivity contribution in [3.63, 3.8) is 0 Å². The summed E-state index contributed by atoms with van der Waals surface area (Å²) in [6.45, 7) is 2.84. The van der Waals surface area contributed by atoms with Crippen LogP contribution in [0.5, 0.6) is 0 Å². The molecule has 0 fully saturated rings. The Balaban J connectivity index is 2.32. The number of hydrogen-bond acceptors (Lipinski definition) is 1. The number of benzene rings is 1. The van der Waals surface area contributed by atoms with E-state index in [-0.39, 0.29) is 0 Å². The van der Waals surface area contributed by atoms with E-state index in [1.165, 1.54) is 12.1 Å². The number of nitrogens with zero attached hydrogens (tertiary/aromatic N) is 2.